The zero-order valence-corrected chi connectivity index (χ0v) is 17.5. The van der Waals surface area contributed by atoms with Gasteiger partial charge in [0.1, 0.15) is 0 Å². The van der Waals surface area contributed by atoms with E-state index >= 15 is 0 Å². The first-order chi connectivity index (χ1) is 14.7. The first kappa shape index (κ1) is 20.4. The summed E-state index contributed by atoms with van der Waals surface area (Å²) in [7, 11) is 0. The van der Waals surface area contributed by atoms with E-state index in [1.165, 1.54) is 11.3 Å². The SMILES string of the molecule is NC(=O)c1ccc(-c2cc(Nc3ccc(NCCCN4CCOCC4)cc3)n[nH]2)s1. The fourth-order valence-electron chi connectivity index (χ4n) is 3.31. The molecule has 1 aliphatic heterocycles. The van der Waals surface area contributed by atoms with Gasteiger partial charge < -0.3 is 21.1 Å². The lowest BCUT2D eigenvalue weighted by Crippen LogP contribution is -2.37. The van der Waals surface area contributed by atoms with E-state index in [0.29, 0.717) is 10.7 Å². The van der Waals surface area contributed by atoms with Crippen LogP contribution in [0.25, 0.3) is 10.6 Å². The summed E-state index contributed by atoms with van der Waals surface area (Å²) in [5.74, 6) is 0.296. The Labute approximate surface area is 179 Å². The third kappa shape index (κ3) is 5.38. The number of carbonyl (C=O) groups excluding carboxylic acids is 1. The second-order valence-corrected chi connectivity index (χ2v) is 8.22. The van der Waals surface area contributed by atoms with E-state index in [1.807, 2.05) is 24.3 Å². The molecule has 3 heterocycles. The van der Waals surface area contributed by atoms with Crippen molar-refractivity contribution in [2.24, 2.45) is 5.73 Å². The lowest BCUT2D eigenvalue weighted by atomic mass is 10.2. The second-order valence-electron chi connectivity index (χ2n) is 7.13. The molecule has 0 radical (unpaired) electrons. The van der Waals surface area contributed by atoms with Gasteiger partial charge in [0.25, 0.3) is 5.91 Å². The maximum atomic E-state index is 11.3. The summed E-state index contributed by atoms with van der Waals surface area (Å²) in [5, 5.41) is 14.0. The van der Waals surface area contributed by atoms with Crippen LogP contribution in [-0.2, 0) is 4.74 Å². The van der Waals surface area contributed by atoms with Gasteiger partial charge in [-0.15, -0.1) is 11.3 Å². The maximum Gasteiger partial charge on any atom is 0.258 e. The van der Waals surface area contributed by atoms with Gasteiger partial charge in [0, 0.05) is 37.1 Å². The molecule has 30 heavy (non-hydrogen) atoms. The van der Waals surface area contributed by atoms with Gasteiger partial charge in [0.05, 0.1) is 28.7 Å². The normalized spacial score (nSPS) is 14.5. The third-order valence-electron chi connectivity index (χ3n) is 4.93. The number of H-pyrrole nitrogens is 1. The Morgan fingerprint density at radius 1 is 1.17 bits per heavy atom. The summed E-state index contributed by atoms with van der Waals surface area (Å²) >= 11 is 1.34. The zero-order chi connectivity index (χ0) is 20.8. The smallest absolute Gasteiger partial charge is 0.258 e. The Morgan fingerprint density at radius 3 is 2.67 bits per heavy atom. The molecule has 1 fully saturated rings. The molecule has 0 bridgehead atoms. The van der Waals surface area contributed by atoms with E-state index < -0.39 is 5.91 Å². The van der Waals surface area contributed by atoms with Gasteiger partial charge in [-0.2, -0.15) is 5.10 Å². The van der Waals surface area contributed by atoms with Crippen molar-refractivity contribution >= 4 is 34.4 Å². The van der Waals surface area contributed by atoms with Crippen molar-refractivity contribution in [1.29, 1.82) is 0 Å². The van der Waals surface area contributed by atoms with Gasteiger partial charge in [-0.05, 0) is 49.4 Å². The minimum absolute atomic E-state index is 0.418. The van der Waals surface area contributed by atoms with E-state index in [0.717, 1.165) is 67.8 Å². The quantitative estimate of drug-likeness (QED) is 0.392. The van der Waals surface area contributed by atoms with Crippen LogP contribution in [0.2, 0.25) is 0 Å². The summed E-state index contributed by atoms with van der Waals surface area (Å²) in [6.07, 6.45) is 1.11. The number of benzene rings is 1. The van der Waals surface area contributed by atoms with Gasteiger partial charge in [-0.3, -0.25) is 14.8 Å². The number of morpholine rings is 1. The van der Waals surface area contributed by atoms with E-state index in [4.69, 9.17) is 10.5 Å². The Hall–Kier alpha value is -2.88. The van der Waals surface area contributed by atoms with Crippen molar-refractivity contribution in [2.75, 3.05) is 50.0 Å². The van der Waals surface area contributed by atoms with Crippen molar-refractivity contribution in [3.8, 4) is 10.6 Å². The molecule has 0 unspecified atom stereocenters. The van der Waals surface area contributed by atoms with E-state index in [1.54, 1.807) is 6.07 Å². The Kier molecular flexibility index (Phi) is 6.63. The van der Waals surface area contributed by atoms with Crippen LogP contribution in [0.3, 0.4) is 0 Å². The molecule has 3 aromatic rings. The molecule has 9 heteroatoms. The lowest BCUT2D eigenvalue weighted by molar-refractivity contribution is 0.0378. The standard InChI is InChI=1S/C21H26N6O2S/c22-21(28)19-7-6-18(30-19)17-14-20(26-25-17)24-16-4-2-15(3-5-16)23-8-1-9-27-10-12-29-13-11-27/h2-7,14,23H,1,8-13H2,(H2,22,28)(H2,24,25,26). The number of aromatic amines is 1. The van der Waals surface area contributed by atoms with Gasteiger partial charge in [-0.25, -0.2) is 0 Å². The number of primary amides is 1. The summed E-state index contributed by atoms with van der Waals surface area (Å²) < 4.78 is 5.38. The average molecular weight is 427 g/mol. The molecule has 1 aliphatic rings. The van der Waals surface area contributed by atoms with Crippen molar-refractivity contribution < 1.29 is 9.53 Å². The van der Waals surface area contributed by atoms with Crippen LogP contribution in [0, 0.1) is 0 Å². The van der Waals surface area contributed by atoms with Crippen molar-refractivity contribution in [3.05, 3.63) is 47.3 Å². The molecule has 2 aromatic heterocycles. The molecule has 5 N–H and O–H groups in total. The average Bonchev–Trinajstić information content (AvgIpc) is 3.43. The molecule has 1 amide bonds. The molecule has 158 valence electrons. The number of hydrogen-bond donors (Lipinski definition) is 4. The molecular weight excluding hydrogens is 400 g/mol. The second kappa shape index (κ2) is 9.75. The number of aromatic nitrogens is 2. The fourth-order valence-corrected chi connectivity index (χ4v) is 4.13. The van der Waals surface area contributed by atoms with E-state index in [9.17, 15) is 4.79 Å². The highest BCUT2D eigenvalue weighted by atomic mass is 32.1. The number of anilines is 3. The summed E-state index contributed by atoms with van der Waals surface area (Å²) in [6.45, 7) is 5.81. The van der Waals surface area contributed by atoms with Crippen LogP contribution in [0.1, 0.15) is 16.1 Å². The third-order valence-corrected chi connectivity index (χ3v) is 6.07. The molecule has 0 atom stereocenters. The fraction of sp³-hybridized carbons (Fsp3) is 0.333. The van der Waals surface area contributed by atoms with Crippen molar-refractivity contribution in [1.82, 2.24) is 15.1 Å². The van der Waals surface area contributed by atoms with Crippen LogP contribution >= 0.6 is 11.3 Å². The van der Waals surface area contributed by atoms with Crippen LogP contribution < -0.4 is 16.4 Å². The molecule has 1 aromatic carbocycles. The van der Waals surface area contributed by atoms with E-state index in [-0.39, 0.29) is 0 Å². The first-order valence-corrected chi connectivity index (χ1v) is 10.9. The molecule has 0 spiro atoms. The monoisotopic (exact) mass is 426 g/mol. The van der Waals surface area contributed by atoms with Crippen molar-refractivity contribution in [2.45, 2.75) is 6.42 Å². The lowest BCUT2D eigenvalue weighted by Gasteiger charge is -2.26. The van der Waals surface area contributed by atoms with Crippen LogP contribution in [0.15, 0.2) is 42.5 Å². The zero-order valence-electron chi connectivity index (χ0n) is 16.7. The Balaban J connectivity index is 1.25. The maximum absolute atomic E-state index is 11.3. The highest BCUT2D eigenvalue weighted by Gasteiger charge is 2.10. The number of hydrogen-bond acceptors (Lipinski definition) is 7. The van der Waals surface area contributed by atoms with Crippen LogP contribution in [0.5, 0.6) is 0 Å². The molecule has 4 rings (SSSR count). The minimum atomic E-state index is -0.418. The molecule has 0 aliphatic carbocycles. The van der Waals surface area contributed by atoms with Gasteiger partial charge in [-0.1, -0.05) is 0 Å². The highest BCUT2D eigenvalue weighted by Crippen LogP contribution is 2.28. The number of nitrogens with two attached hydrogens (primary N) is 1. The first-order valence-electron chi connectivity index (χ1n) is 10.0. The largest absolute Gasteiger partial charge is 0.385 e. The number of ether oxygens (including phenoxy) is 1. The predicted molar refractivity (Wildman–Crippen MR) is 121 cm³/mol. The highest BCUT2D eigenvalue weighted by molar-refractivity contribution is 7.17. The number of nitrogens with zero attached hydrogens (tertiary/aromatic N) is 2. The number of carbonyl (C=O) groups is 1. The number of rotatable bonds is 9. The summed E-state index contributed by atoms with van der Waals surface area (Å²) in [5.41, 5.74) is 8.21. The topological polar surface area (TPSA) is 108 Å². The Morgan fingerprint density at radius 2 is 1.93 bits per heavy atom. The van der Waals surface area contributed by atoms with Gasteiger partial charge >= 0.3 is 0 Å². The number of nitrogens with one attached hydrogen (secondary N) is 3. The Bertz CT molecular complexity index is 962. The molecule has 1 saturated heterocycles. The number of thiophene rings is 1. The van der Waals surface area contributed by atoms with Gasteiger partial charge in [0.2, 0.25) is 0 Å². The van der Waals surface area contributed by atoms with Crippen molar-refractivity contribution in [3.63, 3.8) is 0 Å². The molecular formula is C21H26N6O2S. The van der Waals surface area contributed by atoms with E-state index in [2.05, 4.69) is 37.9 Å². The minimum Gasteiger partial charge on any atom is -0.385 e. The summed E-state index contributed by atoms with van der Waals surface area (Å²) in [6, 6.07) is 13.7. The predicted octanol–water partition coefficient (Wildman–Crippen LogP) is 3.11. The van der Waals surface area contributed by atoms with Crippen LogP contribution in [0.4, 0.5) is 17.2 Å². The summed E-state index contributed by atoms with van der Waals surface area (Å²) in [4.78, 5) is 15.2. The number of amides is 1. The van der Waals surface area contributed by atoms with Crippen LogP contribution in [-0.4, -0.2) is 60.4 Å². The molecule has 0 saturated carbocycles. The van der Waals surface area contributed by atoms with Gasteiger partial charge in [0.15, 0.2) is 5.82 Å². The molecule has 8 nitrogen and oxygen atoms in total.